The molecule has 0 saturated heterocycles. The Kier molecular flexibility index (Phi) is 5.02. The second-order valence-electron chi connectivity index (χ2n) is 6.48. The van der Waals surface area contributed by atoms with Gasteiger partial charge in [-0.1, -0.05) is 11.6 Å². The topological polar surface area (TPSA) is 82.5 Å². The Labute approximate surface area is 166 Å². The molecule has 0 radical (unpaired) electrons. The molecule has 0 aliphatic carbocycles. The number of benzene rings is 2. The number of methoxy groups -OCH3 is 1. The molecule has 1 aromatic heterocycles. The van der Waals surface area contributed by atoms with Crippen LogP contribution in [0.5, 0.6) is 0 Å². The summed E-state index contributed by atoms with van der Waals surface area (Å²) >= 11 is 5.87. The molecule has 2 aromatic carbocycles. The summed E-state index contributed by atoms with van der Waals surface area (Å²) in [6.45, 7) is 1.22. The number of carbonyl (C=O) groups is 2. The number of imidazole rings is 1. The van der Waals surface area contributed by atoms with Crippen LogP contribution in [0.25, 0.3) is 11.0 Å². The van der Waals surface area contributed by atoms with Crippen molar-refractivity contribution in [3.63, 3.8) is 0 Å². The van der Waals surface area contributed by atoms with E-state index in [2.05, 4.69) is 14.9 Å². The average Bonchev–Trinajstić information content (AvgIpc) is 3.10. The highest BCUT2D eigenvalue weighted by molar-refractivity contribution is 6.30. The summed E-state index contributed by atoms with van der Waals surface area (Å²) in [4.78, 5) is 28.7. The molecule has 0 spiro atoms. The molecule has 0 unspecified atom stereocenters. The standard InChI is InChI=1S/C20H18ClN3O4/c1-27-20(26)13-4-7-17-16(8-13)23-18-11-28-10-15(24(17)18)9-22-19(25)12-2-5-14(21)6-3-12/h2-8,15H,9-11H2,1H3,(H,22,25)/t15-/m0/s1. The molecule has 2 heterocycles. The van der Waals surface area contributed by atoms with E-state index >= 15 is 0 Å². The van der Waals surface area contributed by atoms with E-state index in [4.69, 9.17) is 21.1 Å². The Morgan fingerprint density at radius 1 is 1.25 bits per heavy atom. The molecule has 7 nitrogen and oxygen atoms in total. The first-order chi connectivity index (χ1) is 13.6. The average molecular weight is 400 g/mol. The van der Waals surface area contributed by atoms with Crippen LogP contribution in [0.15, 0.2) is 42.5 Å². The number of ether oxygens (including phenoxy) is 2. The molecule has 0 fully saturated rings. The molecule has 1 N–H and O–H groups in total. The number of esters is 1. The number of amides is 1. The minimum absolute atomic E-state index is 0.103. The van der Waals surface area contributed by atoms with Gasteiger partial charge in [-0.05, 0) is 42.5 Å². The number of hydrogen-bond donors (Lipinski definition) is 1. The summed E-state index contributed by atoms with van der Waals surface area (Å²) in [6.07, 6.45) is 0. The van der Waals surface area contributed by atoms with E-state index in [1.54, 1.807) is 36.4 Å². The van der Waals surface area contributed by atoms with E-state index in [0.717, 1.165) is 11.3 Å². The molecule has 144 valence electrons. The smallest absolute Gasteiger partial charge is 0.337 e. The van der Waals surface area contributed by atoms with Crippen LogP contribution < -0.4 is 5.32 Å². The monoisotopic (exact) mass is 399 g/mol. The lowest BCUT2D eigenvalue weighted by Crippen LogP contribution is -2.35. The molecule has 28 heavy (non-hydrogen) atoms. The van der Waals surface area contributed by atoms with Gasteiger partial charge < -0.3 is 19.4 Å². The highest BCUT2D eigenvalue weighted by Gasteiger charge is 2.25. The van der Waals surface area contributed by atoms with Crippen molar-refractivity contribution < 1.29 is 19.1 Å². The maximum absolute atomic E-state index is 12.4. The third-order valence-electron chi connectivity index (χ3n) is 4.69. The van der Waals surface area contributed by atoms with Gasteiger partial charge in [-0.25, -0.2) is 9.78 Å². The van der Waals surface area contributed by atoms with Crippen LogP contribution in [-0.4, -0.2) is 41.7 Å². The van der Waals surface area contributed by atoms with Crippen molar-refractivity contribution in [3.05, 3.63) is 64.4 Å². The van der Waals surface area contributed by atoms with Gasteiger partial charge in [0.25, 0.3) is 5.91 Å². The van der Waals surface area contributed by atoms with Crippen molar-refractivity contribution in [3.8, 4) is 0 Å². The Bertz CT molecular complexity index is 1050. The number of nitrogens with one attached hydrogen (secondary N) is 1. The molecule has 0 saturated carbocycles. The quantitative estimate of drug-likeness (QED) is 0.682. The fourth-order valence-electron chi connectivity index (χ4n) is 3.33. The number of rotatable bonds is 4. The van der Waals surface area contributed by atoms with Crippen molar-refractivity contribution >= 4 is 34.5 Å². The number of aromatic nitrogens is 2. The van der Waals surface area contributed by atoms with E-state index in [9.17, 15) is 9.59 Å². The minimum Gasteiger partial charge on any atom is -0.465 e. The largest absolute Gasteiger partial charge is 0.465 e. The fraction of sp³-hybridized carbons (Fsp3) is 0.250. The van der Waals surface area contributed by atoms with Gasteiger partial charge in [0.1, 0.15) is 12.4 Å². The third kappa shape index (κ3) is 3.46. The van der Waals surface area contributed by atoms with E-state index in [1.165, 1.54) is 7.11 Å². The molecule has 0 bridgehead atoms. The lowest BCUT2D eigenvalue weighted by atomic mass is 10.1. The summed E-state index contributed by atoms with van der Waals surface area (Å²) in [5, 5.41) is 3.52. The first-order valence-electron chi connectivity index (χ1n) is 8.77. The molecular weight excluding hydrogens is 382 g/mol. The van der Waals surface area contributed by atoms with Gasteiger partial charge in [-0.2, -0.15) is 0 Å². The van der Waals surface area contributed by atoms with Crippen molar-refractivity contribution in [2.24, 2.45) is 0 Å². The van der Waals surface area contributed by atoms with Crippen LogP contribution in [0, 0.1) is 0 Å². The fourth-order valence-corrected chi connectivity index (χ4v) is 3.45. The lowest BCUT2D eigenvalue weighted by molar-refractivity contribution is 0.0553. The number of fused-ring (bicyclic) bond motifs is 3. The van der Waals surface area contributed by atoms with Gasteiger partial charge in [0.05, 0.1) is 36.4 Å². The zero-order chi connectivity index (χ0) is 19.7. The van der Waals surface area contributed by atoms with Crippen LogP contribution in [0.1, 0.15) is 32.6 Å². The third-order valence-corrected chi connectivity index (χ3v) is 4.95. The van der Waals surface area contributed by atoms with Crippen LogP contribution >= 0.6 is 11.6 Å². The van der Waals surface area contributed by atoms with Crippen LogP contribution in [0.3, 0.4) is 0 Å². The summed E-state index contributed by atoms with van der Waals surface area (Å²) in [5.41, 5.74) is 2.56. The Morgan fingerprint density at radius 3 is 2.75 bits per heavy atom. The van der Waals surface area contributed by atoms with Gasteiger partial charge in [0.15, 0.2) is 0 Å². The van der Waals surface area contributed by atoms with Gasteiger partial charge in [0, 0.05) is 17.1 Å². The molecule has 1 atom stereocenters. The number of carbonyl (C=O) groups excluding carboxylic acids is 2. The zero-order valence-corrected chi connectivity index (χ0v) is 15.9. The van der Waals surface area contributed by atoms with E-state index in [1.807, 2.05) is 6.07 Å². The summed E-state index contributed by atoms with van der Waals surface area (Å²) in [5.74, 6) is 0.172. The van der Waals surface area contributed by atoms with Crippen LogP contribution in [-0.2, 0) is 16.1 Å². The summed E-state index contributed by atoms with van der Waals surface area (Å²) in [7, 11) is 1.35. The van der Waals surface area contributed by atoms with E-state index < -0.39 is 5.97 Å². The lowest BCUT2D eigenvalue weighted by Gasteiger charge is -2.26. The van der Waals surface area contributed by atoms with E-state index in [0.29, 0.717) is 41.4 Å². The van der Waals surface area contributed by atoms with Crippen molar-refractivity contribution in [2.75, 3.05) is 20.3 Å². The molecule has 8 heteroatoms. The number of nitrogens with zero attached hydrogens (tertiary/aromatic N) is 2. The normalized spacial score (nSPS) is 15.9. The Morgan fingerprint density at radius 2 is 2.00 bits per heavy atom. The van der Waals surface area contributed by atoms with Crippen LogP contribution in [0.4, 0.5) is 0 Å². The maximum atomic E-state index is 12.4. The second-order valence-corrected chi connectivity index (χ2v) is 6.92. The molecule has 1 aliphatic rings. The molecule has 1 aliphatic heterocycles. The predicted octanol–water partition coefficient (Wildman–Crippen LogP) is 2.98. The Hall–Kier alpha value is -2.90. The highest BCUT2D eigenvalue weighted by atomic mass is 35.5. The van der Waals surface area contributed by atoms with Gasteiger partial charge >= 0.3 is 5.97 Å². The summed E-state index contributed by atoms with van der Waals surface area (Å²) in [6, 6.07) is 11.9. The molecule has 4 rings (SSSR count). The molecular formula is C20H18ClN3O4. The predicted molar refractivity (Wildman–Crippen MR) is 104 cm³/mol. The first kappa shape index (κ1) is 18.5. The molecule has 1 amide bonds. The van der Waals surface area contributed by atoms with Crippen molar-refractivity contribution in [1.82, 2.24) is 14.9 Å². The van der Waals surface area contributed by atoms with Gasteiger partial charge in [-0.3, -0.25) is 4.79 Å². The van der Waals surface area contributed by atoms with E-state index in [-0.39, 0.29) is 11.9 Å². The van der Waals surface area contributed by atoms with Crippen LogP contribution in [0.2, 0.25) is 5.02 Å². The highest BCUT2D eigenvalue weighted by Crippen LogP contribution is 2.26. The molecule has 3 aromatic rings. The van der Waals surface area contributed by atoms with Crippen molar-refractivity contribution in [2.45, 2.75) is 12.6 Å². The minimum atomic E-state index is -0.407. The zero-order valence-electron chi connectivity index (χ0n) is 15.1. The number of hydrogen-bond acceptors (Lipinski definition) is 5. The second kappa shape index (κ2) is 7.61. The summed E-state index contributed by atoms with van der Waals surface area (Å²) < 4.78 is 12.5. The first-order valence-corrected chi connectivity index (χ1v) is 9.15. The van der Waals surface area contributed by atoms with Gasteiger partial charge in [0.2, 0.25) is 0 Å². The Balaban J connectivity index is 1.57. The number of halogens is 1. The van der Waals surface area contributed by atoms with Gasteiger partial charge in [-0.15, -0.1) is 0 Å². The maximum Gasteiger partial charge on any atom is 0.337 e. The SMILES string of the molecule is COC(=O)c1ccc2c(c1)nc1n2[C@@H](CNC(=O)c2ccc(Cl)cc2)COC1. The van der Waals surface area contributed by atoms with Crippen molar-refractivity contribution in [1.29, 1.82) is 0 Å².